The predicted molar refractivity (Wildman–Crippen MR) is 85.7 cm³/mol. The smallest absolute Gasteiger partial charge is 0.0538 e. The molecule has 0 aromatic heterocycles. The van der Waals surface area contributed by atoms with E-state index in [0.29, 0.717) is 5.92 Å². The molecule has 1 unspecified atom stereocenters. The van der Waals surface area contributed by atoms with Crippen molar-refractivity contribution in [3.63, 3.8) is 0 Å². The van der Waals surface area contributed by atoms with E-state index in [9.17, 15) is 0 Å². The van der Waals surface area contributed by atoms with Crippen LogP contribution < -0.4 is 5.32 Å². The van der Waals surface area contributed by atoms with E-state index in [0.717, 1.165) is 54.8 Å². The lowest BCUT2D eigenvalue weighted by atomic mass is 9.80. The molecule has 1 aliphatic rings. The summed E-state index contributed by atoms with van der Waals surface area (Å²) in [5, 5.41) is 5.11. The lowest BCUT2D eigenvalue weighted by Crippen LogP contribution is -2.38. The standard InChI is InChI=1S/C16H23Cl2NO/c1-12(2)9-19-10-16(5-6-20-11-16)8-13-7-14(17)3-4-15(13)18/h3-4,7,12,19H,5-6,8-11H2,1-2H3. The Morgan fingerprint density at radius 1 is 1.35 bits per heavy atom. The van der Waals surface area contributed by atoms with Crippen molar-refractivity contribution in [2.24, 2.45) is 11.3 Å². The van der Waals surface area contributed by atoms with Crippen LogP contribution in [0.1, 0.15) is 25.8 Å². The molecule has 0 bridgehead atoms. The summed E-state index contributed by atoms with van der Waals surface area (Å²) in [6.45, 7) is 8.07. The third-order valence-electron chi connectivity index (χ3n) is 3.81. The first-order valence-corrected chi connectivity index (χ1v) is 7.99. The molecule has 2 rings (SSSR count). The zero-order valence-electron chi connectivity index (χ0n) is 12.2. The predicted octanol–water partition coefficient (Wildman–Crippen LogP) is 4.19. The quantitative estimate of drug-likeness (QED) is 0.850. The molecule has 1 atom stereocenters. The van der Waals surface area contributed by atoms with E-state index < -0.39 is 0 Å². The van der Waals surface area contributed by atoms with Crippen molar-refractivity contribution < 1.29 is 4.74 Å². The fraction of sp³-hybridized carbons (Fsp3) is 0.625. The number of hydrogen-bond acceptors (Lipinski definition) is 2. The zero-order chi connectivity index (χ0) is 14.6. The fourth-order valence-corrected chi connectivity index (χ4v) is 3.08. The Kier molecular flexibility index (Phi) is 5.74. The molecule has 0 saturated carbocycles. The van der Waals surface area contributed by atoms with Crippen LogP contribution in [-0.4, -0.2) is 26.3 Å². The molecule has 1 aliphatic heterocycles. The number of halogens is 2. The first-order chi connectivity index (χ1) is 9.51. The normalized spacial score (nSPS) is 22.6. The highest BCUT2D eigenvalue weighted by Crippen LogP contribution is 2.35. The molecular weight excluding hydrogens is 293 g/mol. The molecule has 2 nitrogen and oxygen atoms in total. The van der Waals surface area contributed by atoms with E-state index in [1.807, 2.05) is 18.2 Å². The molecule has 20 heavy (non-hydrogen) atoms. The maximum absolute atomic E-state index is 6.30. The van der Waals surface area contributed by atoms with E-state index in [-0.39, 0.29) is 5.41 Å². The van der Waals surface area contributed by atoms with Gasteiger partial charge in [0.1, 0.15) is 0 Å². The maximum atomic E-state index is 6.30. The third kappa shape index (κ3) is 4.36. The third-order valence-corrected chi connectivity index (χ3v) is 4.41. The summed E-state index contributed by atoms with van der Waals surface area (Å²) < 4.78 is 5.64. The Hall–Kier alpha value is -0.280. The van der Waals surface area contributed by atoms with Crippen LogP contribution in [0.4, 0.5) is 0 Å². The van der Waals surface area contributed by atoms with Crippen LogP contribution in [0.5, 0.6) is 0 Å². The highest BCUT2D eigenvalue weighted by molar-refractivity contribution is 6.33. The van der Waals surface area contributed by atoms with E-state index in [4.69, 9.17) is 27.9 Å². The second-order valence-corrected chi connectivity index (χ2v) is 7.08. The van der Waals surface area contributed by atoms with Gasteiger partial charge in [-0.2, -0.15) is 0 Å². The Bertz CT molecular complexity index is 442. The Morgan fingerprint density at radius 2 is 2.15 bits per heavy atom. The van der Waals surface area contributed by atoms with Gasteiger partial charge in [0.25, 0.3) is 0 Å². The number of hydrogen-bond donors (Lipinski definition) is 1. The Balaban J connectivity index is 2.06. The van der Waals surface area contributed by atoms with Crippen molar-refractivity contribution >= 4 is 23.2 Å². The summed E-state index contributed by atoms with van der Waals surface area (Å²) >= 11 is 12.4. The lowest BCUT2D eigenvalue weighted by molar-refractivity contribution is 0.149. The van der Waals surface area contributed by atoms with Crippen LogP contribution in [0.2, 0.25) is 10.0 Å². The zero-order valence-corrected chi connectivity index (χ0v) is 13.7. The monoisotopic (exact) mass is 315 g/mol. The van der Waals surface area contributed by atoms with E-state index in [1.54, 1.807) is 0 Å². The minimum absolute atomic E-state index is 0.142. The van der Waals surface area contributed by atoms with Gasteiger partial charge in [0, 0.05) is 28.6 Å². The van der Waals surface area contributed by atoms with Gasteiger partial charge in [-0.05, 0) is 49.1 Å². The number of nitrogens with one attached hydrogen (secondary N) is 1. The van der Waals surface area contributed by atoms with Gasteiger partial charge in [-0.1, -0.05) is 37.0 Å². The molecule has 112 valence electrons. The van der Waals surface area contributed by atoms with Gasteiger partial charge in [0.2, 0.25) is 0 Å². The van der Waals surface area contributed by atoms with Crippen LogP contribution in [0.15, 0.2) is 18.2 Å². The molecule has 1 heterocycles. The van der Waals surface area contributed by atoms with Crippen LogP contribution in [0.3, 0.4) is 0 Å². The first-order valence-electron chi connectivity index (χ1n) is 7.23. The largest absolute Gasteiger partial charge is 0.381 e. The van der Waals surface area contributed by atoms with Crippen LogP contribution >= 0.6 is 23.2 Å². The van der Waals surface area contributed by atoms with E-state index >= 15 is 0 Å². The number of rotatable bonds is 6. The Labute approximate surface area is 131 Å². The minimum atomic E-state index is 0.142. The highest BCUT2D eigenvalue weighted by Gasteiger charge is 2.35. The van der Waals surface area contributed by atoms with Gasteiger partial charge in [-0.3, -0.25) is 0 Å². The summed E-state index contributed by atoms with van der Waals surface area (Å²) in [5.74, 6) is 0.657. The molecule has 1 N–H and O–H groups in total. The fourth-order valence-electron chi connectivity index (χ4n) is 2.70. The van der Waals surface area contributed by atoms with E-state index in [2.05, 4.69) is 19.2 Å². The molecule has 1 aromatic carbocycles. The number of benzene rings is 1. The van der Waals surface area contributed by atoms with Gasteiger partial charge in [-0.15, -0.1) is 0 Å². The SMILES string of the molecule is CC(C)CNCC1(Cc2cc(Cl)ccc2Cl)CCOC1. The second kappa shape index (κ2) is 7.13. The summed E-state index contributed by atoms with van der Waals surface area (Å²) in [7, 11) is 0. The van der Waals surface area contributed by atoms with Crippen molar-refractivity contribution in [1.82, 2.24) is 5.32 Å². The van der Waals surface area contributed by atoms with Crippen molar-refractivity contribution in [3.8, 4) is 0 Å². The van der Waals surface area contributed by atoms with Crippen molar-refractivity contribution in [2.75, 3.05) is 26.3 Å². The molecule has 0 aliphatic carbocycles. The summed E-state index contributed by atoms with van der Waals surface area (Å²) in [5.41, 5.74) is 1.26. The van der Waals surface area contributed by atoms with Crippen LogP contribution in [0, 0.1) is 11.3 Å². The van der Waals surface area contributed by atoms with Crippen molar-refractivity contribution in [2.45, 2.75) is 26.7 Å². The van der Waals surface area contributed by atoms with Crippen LogP contribution in [-0.2, 0) is 11.2 Å². The van der Waals surface area contributed by atoms with Gasteiger partial charge in [0.05, 0.1) is 6.61 Å². The molecule has 1 aromatic rings. The molecule has 4 heteroatoms. The van der Waals surface area contributed by atoms with Gasteiger partial charge in [-0.25, -0.2) is 0 Å². The molecule has 1 saturated heterocycles. The average molecular weight is 316 g/mol. The molecule has 0 amide bonds. The average Bonchev–Trinajstić information content (AvgIpc) is 2.82. The van der Waals surface area contributed by atoms with Gasteiger partial charge in [0.15, 0.2) is 0 Å². The van der Waals surface area contributed by atoms with E-state index in [1.165, 1.54) is 0 Å². The Morgan fingerprint density at radius 3 is 2.80 bits per heavy atom. The van der Waals surface area contributed by atoms with Gasteiger partial charge >= 0.3 is 0 Å². The molecule has 0 radical (unpaired) electrons. The lowest BCUT2D eigenvalue weighted by Gasteiger charge is -2.29. The minimum Gasteiger partial charge on any atom is -0.381 e. The summed E-state index contributed by atoms with van der Waals surface area (Å²) in [6.07, 6.45) is 1.98. The molecule has 1 fully saturated rings. The number of ether oxygens (including phenoxy) is 1. The second-order valence-electron chi connectivity index (χ2n) is 6.24. The summed E-state index contributed by atoms with van der Waals surface area (Å²) in [4.78, 5) is 0. The first kappa shape index (κ1) is 16.1. The summed E-state index contributed by atoms with van der Waals surface area (Å²) in [6, 6.07) is 5.69. The maximum Gasteiger partial charge on any atom is 0.0538 e. The topological polar surface area (TPSA) is 21.3 Å². The van der Waals surface area contributed by atoms with Crippen molar-refractivity contribution in [3.05, 3.63) is 33.8 Å². The van der Waals surface area contributed by atoms with Crippen molar-refractivity contribution in [1.29, 1.82) is 0 Å². The van der Waals surface area contributed by atoms with Gasteiger partial charge < -0.3 is 10.1 Å². The highest BCUT2D eigenvalue weighted by atomic mass is 35.5. The van der Waals surface area contributed by atoms with Crippen LogP contribution in [0.25, 0.3) is 0 Å². The molecule has 0 spiro atoms. The molecular formula is C16H23Cl2NO.